The van der Waals surface area contributed by atoms with Gasteiger partial charge in [-0.3, -0.25) is 4.79 Å². The highest BCUT2D eigenvalue weighted by Crippen LogP contribution is 2.18. The molecule has 0 saturated carbocycles. The van der Waals surface area contributed by atoms with Crippen molar-refractivity contribution < 1.29 is 4.79 Å². The molecule has 0 aliphatic carbocycles. The SMILES string of the molecule is CNCCC(=O)NCc1ccnc(N2CCCC2)c1. The van der Waals surface area contributed by atoms with Crippen molar-refractivity contribution in [2.75, 3.05) is 31.6 Å². The zero-order chi connectivity index (χ0) is 13.5. The lowest BCUT2D eigenvalue weighted by Crippen LogP contribution is -2.26. The number of nitrogens with zero attached hydrogens (tertiary/aromatic N) is 2. The van der Waals surface area contributed by atoms with E-state index in [0.717, 1.165) is 24.5 Å². The number of amides is 1. The molecule has 2 N–H and O–H groups in total. The van der Waals surface area contributed by atoms with Gasteiger partial charge in [-0.2, -0.15) is 0 Å². The Morgan fingerprint density at radius 1 is 1.42 bits per heavy atom. The fourth-order valence-electron chi connectivity index (χ4n) is 2.22. The number of hydrogen-bond acceptors (Lipinski definition) is 4. The smallest absolute Gasteiger partial charge is 0.221 e. The Balaban J connectivity index is 1.86. The molecular weight excluding hydrogens is 240 g/mol. The Morgan fingerprint density at radius 2 is 2.21 bits per heavy atom. The summed E-state index contributed by atoms with van der Waals surface area (Å²) < 4.78 is 0. The van der Waals surface area contributed by atoms with Crippen LogP contribution in [0.3, 0.4) is 0 Å². The Morgan fingerprint density at radius 3 is 2.95 bits per heavy atom. The van der Waals surface area contributed by atoms with Crippen molar-refractivity contribution in [3.63, 3.8) is 0 Å². The second kappa shape index (κ2) is 7.09. The summed E-state index contributed by atoms with van der Waals surface area (Å²) in [6.07, 6.45) is 4.82. The number of hydrogen-bond donors (Lipinski definition) is 2. The normalized spacial score (nSPS) is 14.7. The highest BCUT2D eigenvalue weighted by atomic mass is 16.1. The van der Waals surface area contributed by atoms with E-state index >= 15 is 0 Å². The van der Waals surface area contributed by atoms with Gasteiger partial charge in [0.1, 0.15) is 5.82 Å². The van der Waals surface area contributed by atoms with E-state index in [1.54, 1.807) is 0 Å². The van der Waals surface area contributed by atoms with Crippen LogP contribution in [0.4, 0.5) is 5.82 Å². The zero-order valence-electron chi connectivity index (χ0n) is 11.5. The lowest BCUT2D eigenvalue weighted by Gasteiger charge is -2.17. The first kappa shape index (κ1) is 13.8. The molecule has 1 aromatic rings. The molecule has 1 amide bonds. The van der Waals surface area contributed by atoms with Gasteiger partial charge in [0.15, 0.2) is 0 Å². The number of pyridine rings is 1. The molecule has 0 atom stereocenters. The molecule has 1 aliphatic heterocycles. The van der Waals surface area contributed by atoms with Gasteiger partial charge in [-0.25, -0.2) is 4.98 Å². The van der Waals surface area contributed by atoms with Crippen LogP contribution >= 0.6 is 0 Å². The maximum Gasteiger partial charge on any atom is 0.221 e. The minimum atomic E-state index is 0.0777. The summed E-state index contributed by atoms with van der Waals surface area (Å²) in [5.74, 6) is 1.10. The number of carbonyl (C=O) groups excluding carboxylic acids is 1. The summed E-state index contributed by atoms with van der Waals surface area (Å²) >= 11 is 0. The number of rotatable bonds is 6. The Kier molecular flexibility index (Phi) is 5.15. The third-order valence-electron chi connectivity index (χ3n) is 3.33. The first-order valence-corrected chi connectivity index (χ1v) is 6.91. The van der Waals surface area contributed by atoms with Crippen molar-refractivity contribution in [3.05, 3.63) is 23.9 Å². The molecule has 0 unspecified atom stereocenters. The van der Waals surface area contributed by atoms with Crippen LogP contribution in [0.5, 0.6) is 0 Å². The van der Waals surface area contributed by atoms with E-state index in [-0.39, 0.29) is 5.91 Å². The van der Waals surface area contributed by atoms with Crippen molar-refractivity contribution >= 4 is 11.7 Å². The molecule has 1 saturated heterocycles. The molecule has 5 heteroatoms. The van der Waals surface area contributed by atoms with Crippen molar-refractivity contribution in [1.82, 2.24) is 15.6 Å². The van der Waals surface area contributed by atoms with Crippen molar-refractivity contribution in [2.24, 2.45) is 0 Å². The van der Waals surface area contributed by atoms with Crippen molar-refractivity contribution in [2.45, 2.75) is 25.8 Å². The van der Waals surface area contributed by atoms with Gasteiger partial charge in [-0.05, 0) is 37.6 Å². The number of anilines is 1. The molecule has 1 fully saturated rings. The van der Waals surface area contributed by atoms with Crippen molar-refractivity contribution in [3.8, 4) is 0 Å². The van der Waals surface area contributed by atoms with E-state index in [2.05, 4.69) is 26.6 Å². The Bertz CT molecular complexity index is 416. The van der Waals surface area contributed by atoms with E-state index < -0.39 is 0 Å². The average Bonchev–Trinajstić information content (AvgIpc) is 2.97. The van der Waals surface area contributed by atoms with Crippen LogP contribution in [0.1, 0.15) is 24.8 Å². The summed E-state index contributed by atoms with van der Waals surface area (Å²) in [5, 5.41) is 5.89. The number of carbonyl (C=O) groups is 1. The van der Waals surface area contributed by atoms with Crippen molar-refractivity contribution in [1.29, 1.82) is 0 Å². The average molecular weight is 262 g/mol. The van der Waals surface area contributed by atoms with E-state index in [1.165, 1.54) is 12.8 Å². The summed E-state index contributed by atoms with van der Waals surface area (Å²) in [5.41, 5.74) is 1.11. The topological polar surface area (TPSA) is 57.3 Å². The highest BCUT2D eigenvalue weighted by Gasteiger charge is 2.13. The molecule has 19 heavy (non-hydrogen) atoms. The molecule has 1 aromatic heterocycles. The fraction of sp³-hybridized carbons (Fsp3) is 0.571. The molecule has 2 heterocycles. The van der Waals surface area contributed by atoms with Gasteiger partial charge >= 0.3 is 0 Å². The second-order valence-electron chi connectivity index (χ2n) is 4.85. The first-order chi connectivity index (χ1) is 9.29. The second-order valence-corrected chi connectivity index (χ2v) is 4.85. The van der Waals surface area contributed by atoms with Gasteiger partial charge in [0.05, 0.1) is 0 Å². The first-order valence-electron chi connectivity index (χ1n) is 6.91. The molecule has 0 aromatic carbocycles. The lowest BCUT2D eigenvalue weighted by atomic mass is 10.2. The van der Waals surface area contributed by atoms with Gasteiger partial charge < -0.3 is 15.5 Å². The van der Waals surface area contributed by atoms with Crippen LogP contribution in [0.2, 0.25) is 0 Å². The van der Waals surface area contributed by atoms with Crippen LogP contribution < -0.4 is 15.5 Å². The quantitative estimate of drug-likeness (QED) is 0.800. The molecular formula is C14H22N4O. The third kappa shape index (κ3) is 4.21. The number of aromatic nitrogens is 1. The molecule has 2 rings (SSSR count). The number of nitrogens with one attached hydrogen (secondary N) is 2. The maximum absolute atomic E-state index is 11.5. The van der Waals surface area contributed by atoms with Gasteiger partial charge in [-0.1, -0.05) is 0 Å². The van der Waals surface area contributed by atoms with Gasteiger partial charge in [0.2, 0.25) is 5.91 Å². The monoisotopic (exact) mass is 262 g/mol. The zero-order valence-corrected chi connectivity index (χ0v) is 11.5. The standard InChI is InChI=1S/C14H22N4O/c1-15-6-5-14(19)17-11-12-4-7-16-13(10-12)18-8-2-3-9-18/h4,7,10,15H,2-3,5-6,8-9,11H2,1H3,(H,17,19). The Hall–Kier alpha value is -1.62. The Labute approximate surface area is 114 Å². The largest absolute Gasteiger partial charge is 0.357 e. The minimum absolute atomic E-state index is 0.0777. The maximum atomic E-state index is 11.5. The van der Waals surface area contributed by atoms with Crippen LogP contribution in [0.15, 0.2) is 18.3 Å². The lowest BCUT2D eigenvalue weighted by molar-refractivity contribution is -0.121. The molecule has 1 aliphatic rings. The van der Waals surface area contributed by atoms with Gasteiger partial charge in [0.25, 0.3) is 0 Å². The van der Waals surface area contributed by atoms with E-state index in [9.17, 15) is 4.79 Å². The predicted octanol–water partition coefficient (Wildman–Crippen LogP) is 0.907. The predicted molar refractivity (Wildman–Crippen MR) is 76.1 cm³/mol. The van der Waals surface area contributed by atoms with E-state index in [1.807, 2.05) is 19.3 Å². The van der Waals surface area contributed by atoms with Gasteiger partial charge in [0, 0.05) is 38.8 Å². The van der Waals surface area contributed by atoms with Crippen LogP contribution in [0.25, 0.3) is 0 Å². The van der Waals surface area contributed by atoms with Crippen LogP contribution in [0, 0.1) is 0 Å². The summed E-state index contributed by atoms with van der Waals surface area (Å²) in [7, 11) is 1.85. The minimum Gasteiger partial charge on any atom is -0.357 e. The summed E-state index contributed by atoms with van der Waals surface area (Å²) in [6, 6.07) is 4.03. The van der Waals surface area contributed by atoms with Crippen LogP contribution in [-0.4, -0.2) is 37.6 Å². The summed E-state index contributed by atoms with van der Waals surface area (Å²) in [6.45, 7) is 3.46. The molecule has 0 bridgehead atoms. The third-order valence-corrected chi connectivity index (χ3v) is 3.33. The van der Waals surface area contributed by atoms with Crippen LogP contribution in [-0.2, 0) is 11.3 Å². The fourth-order valence-corrected chi connectivity index (χ4v) is 2.22. The molecule has 0 radical (unpaired) electrons. The van der Waals surface area contributed by atoms with Gasteiger partial charge in [-0.15, -0.1) is 0 Å². The van der Waals surface area contributed by atoms with E-state index in [4.69, 9.17) is 0 Å². The summed E-state index contributed by atoms with van der Waals surface area (Å²) in [4.78, 5) is 18.2. The molecule has 104 valence electrons. The molecule has 5 nitrogen and oxygen atoms in total. The van der Waals surface area contributed by atoms with E-state index in [0.29, 0.717) is 19.5 Å². The molecule has 0 spiro atoms. The highest BCUT2D eigenvalue weighted by molar-refractivity contribution is 5.76.